The van der Waals surface area contributed by atoms with Gasteiger partial charge in [-0.15, -0.1) is 34.0 Å². The number of nitrogens with zero attached hydrogens (tertiary/aromatic N) is 1. The molecule has 5 nitrogen and oxygen atoms in total. The number of carbonyl (C=O) groups is 2. The third-order valence-electron chi connectivity index (χ3n) is 4.96. The number of para-hydroxylation sites is 1. The average molecular weight is 455 g/mol. The summed E-state index contributed by atoms with van der Waals surface area (Å²) in [5.74, 6) is -0.564. The molecule has 8 heteroatoms. The van der Waals surface area contributed by atoms with Gasteiger partial charge in [0.05, 0.1) is 32.1 Å². The number of hydrogen-bond donors (Lipinski definition) is 1. The van der Waals surface area contributed by atoms with Gasteiger partial charge in [-0.1, -0.05) is 12.1 Å². The Morgan fingerprint density at radius 3 is 2.80 bits per heavy atom. The van der Waals surface area contributed by atoms with E-state index in [0.717, 1.165) is 44.9 Å². The van der Waals surface area contributed by atoms with Gasteiger partial charge in [0.15, 0.2) is 0 Å². The number of nitrogens with one attached hydrogen (secondary N) is 1. The normalized spacial score (nSPS) is 12.8. The molecule has 1 aromatic carbocycles. The van der Waals surface area contributed by atoms with Crippen molar-refractivity contribution in [3.05, 3.63) is 57.3 Å². The molecule has 30 heavy (non-hydrogen) atoms. The lowest BCUT2D eigenvalue weighted by Crippen LogP contribution is -2.14. The van der Waals surface area contributed by atoms with E-state index in [0.29, 0.717) is 22.0 Å². The van der Waals surface area contributed by atoms with Gasteiger partial charge in [-0.05, 0) is 56.0 Å². The highest BCUT2D eigenvalue weighted by atomic mass is 32.1. The van der Waals surface area contributed by atoms with Crippen LogP contribution in [-0.2, 0) is 17.6 Å². The summed E-state index contributed by atoms with van der Waals surface area (Å²) in [7, 11) is 0. The van der Waals surface area contributed by atoms with Gasteiger partial charge in [0.2, 0.25) is 0 Å². The van der Waals surface area contributed by atoms with Crippen LogP contribution in [0.4, 0.5) is 5.00 Å². The first-order valence-electron chi connectivity index (χ1n) is 9.73. The summed E-state index contributed by atoms with van der Waals surface area (Å²) in [6.07, 6.45) is 2.85. The molecule has 0 unspecified atom stereocenters. The molecule has 0 spiro atoms. The van der Waals surface area contributed by atoms with Crippen LogP contribution < -0.4 is 5.32 Å². The van der Waals surface area contributed by atoms with E-state index in [-0.39, 0.29) is 11.9 Å². The van der Waals surface area contributed by atoms with Crippen LogP contribution in [0.25, 0.3) is 20.1 Å². The Hall–Kier alpha value is -2.55. The molecule has 4 aromatic rings. The van der Waals surface area contributed by atoms with Crippen LogP contribution >= 0.6 is 34.0 Å². The Labute approximate surface area is 185 Å². The number of fused-ring (bicyclic) bond motifs is 2. The summed E-state index contributed by atoms with van der Waals surface area (Å²) in [6.45, 7) is 2.10. The third-order valence-corrected chi connectivity index (χ3v) is 8.46. The first-order valence-corrected chi connectivity index (χ1v) is 12.2. The molecule has 0 saturated carbocycles. The van der Waals surface area contributed by atoms with Gasteiger partial charge in [0.25, 0.3) is 5.91 Å². The van der Waals surface area contributed by atoms with E-state index in [1.807, 2.05) is 36.4 Å². The molecular formula is C22H18N2O3S3. The number of rotatable bonds is 5. The van der Waals surface area contributed by atoms with Gasteiger partial charge < -0.3 is 10.1 Å². The Balaban J connectivity index is 1.41. The zero-order chi connectivity index (χ0) is 20.7. The fourth-order valence-electron chi connectivity index (χ4n) is 3.63. The number of benzene rings is 1. The van der Waals surface area contributed by atoms with Gasteiger partial charge in [-0.2, -0.15) is 0 Å². The van der Waals surface area contributed by atoms with E-state index in [1.165, 1.54) is 27.6 Å². The Morgan fingerprint density at radius 1 is 1.10 bits per heavy atom. The smallest absolute Gasteiger partial charge is 0.341 e. The quantitative estimate of drug-likeness (QED) is 0.375. The molecule has 0 aliphatic heterocycles. The summed E-state index contributed by atoms with van der Waals surface area (Å²) < 4.78 is 6.37. The van der Waals surface area contributed by atoms with E-state index in [4.69, 9.17) is 4.74 Å². The van der Waals surface area contributed by atoms with Crippen LogP contribution in [0.3, 0.4) is 0 Å². The van der Waals surface area contributed by atoms with Gasteiger partial charge in [-0.25, -0.2) is 9.78 Å². The molecule has 1 aliphatic rings. The number of anilines is 1. The number of thiophene rings is 2. The number of esters is 1. The minimum absolute atomic E-state index is 0.210. The van der Waals surface area contributed by atoms with Crippen molar-refractivity contribution in [2.45, 2.75) is 26.2 Å². The molecule has 0 radical (unpaired) electrons. The van der Waals surface area contributed by atoms with Crippen molar-refractivity contribution in [2.75, 3.05) is 11.9 Å². The Kier molecular flexibility index (Phi) is 5.14. The number of aryl methyl sites for hydroxylation is 1. The van der Waals surface area contributed by atoms with Crippen molar-refractivity contribution in [1.29, 1.82) is 0 Å². The van der Waals surface area contributed by atoms with Crippen LogP contribution in [0.5, 0.6) is 0 Å². The van der Waals surface area contributed by atoms with Crippen LogP contribution in [0, 0.1) is 0 Å². The second kappa shape index (κ2) is 7.94. The SMILES string of the molecule is CCOC(=O)c1c(NC(=O)c2ccc(-c3nc4ccccc4s3)s2)sc2c1CCC2. The Morgan fingerprint density at radius 2 is 1.97 bits per heavy atom. The van der Waals surface area contributed by atoms with Crippen molar-refractivity contribution in [3.63, 3.8) is 0 Å². The number of ether oxygens (including phenoxy) is 1. The van der Waals surface area contributed by atoms with Gasteiger partial charge in [0.1, 0.15) is 10.0 Å². The minimum Gasteiger partial charge on any atom is -0.462 e. The number of amides is 1. The molecule has 0 atom stereocenters. The highest BCUT2D eigenvalue weighted by Gasteiger charge is 2.28. The first kappa shape index (κ1) is 19.4. The van der Waals surface area contributed by atoms with Crippen molar-refractivity contribution in [2.24, 2.45) is 0 Å². The summed E-state index contributed by atoms with van der Waals surface area (Å²) >= 11 is 4.52. The average Bonchev–Trinajstić information content (AvgIpc) is 3.49. The minimum atomic E-state index is -0.353. The maximum absolute atomic E-state index is 12.9. The topological polar surface area (TPSA) is 68.3 Å². The molecule has 1 amide bonds. The van der Waals surface area contributed by atoms with Crippen LogP contribution in [0.15, 0.2) is 36.4 Å². The molecule has 3 heterocycles. The van der Waals surface area contributed by atoms with Crippen molar-refractivity contribution < 1.29 is 14.3 Å². The van der Waals surface area contributed by atoms with E-state index >= 15 is 0 Å². The van der Waals surface area contributed by atoms with Crippen LogP contribution in [0.1, 0.15) is 43.8 Å². The fraction of sp³-hybridized carbons (Fsp3) is 0.227. The maximum Gasteiger partial charge on any atom is 0.341 e. The molecule has 3 aromatic heterocycles. The second-order valence-electron chi connectivity index (χ2n) is 6.89. The summed E-state index contributed by atoms with van der Waals surface area (Å²) in [6, 6.07) is 11.7. The van der Waals surface area contributed by atoms with Gasteiger partial charge >= 0.3 is 5.97 Å². The van der Waals surface area contributed by atoms with E-state index < -0.39 is 0 Å². The lowest BCUT2D eigenvalue weighted by Gasteiger charge is -2.07. The number of carbonyl (C=O) groups excluding carboxylic acids is 2. The van der Waals surface area contributed by atoms with Crippen molar-refractivity contribution in [3.8, 4) is 9.88 Å². The van der Waals surface area contributed by atoms with Crippen molar-refractivity contribution in [1.82, 2.24) is 4.98 Å². The highest BCUT2D eigenvalue weighted by molar-refractivity contribution is 7.26. The first-order chi connectivity index (χ1) is 14.6. The predicted molar refractivity (Wildman–Crippen MR) is 123 cm³/mol. The Bertz CT molecular complexity index is 1230. The molecule has 0 fully saturated rings. The highest BCUT2D eigenvalue weighted by Crippen LogP contribution is 2.40. The summed E-state index contributed by atoms with van der Waals surface area (Å²) in [5, 5.41) is 4.46. The number of hydrogen-bond acceptors (Lipinski definition) is 7. The molecule has 1 aliphatic carbocycles. The summed E-state index contributed by atoms with van der Waals surface area (Å²) in [5.41, 5.74) is 2.53. The zero-order valence-corrected chi connectivity index (χ0v) is 18.6. The second-order valence-corrected chi connectivity index (χ2v) is 10.1. The van der Waals surface area contributed by atoms with Crippen LogP contribution in [0.2, 0.25) is 0 Å². The van der Waals surface area contributed by atoms with Gasteiger partial charge in [-0.3, -0.25) is 4.79 Å². The predicted octanol–water partition coefficient (Wildman–Crippen LogP) is 6.00. The molecule has 1 N–H and O–H groups in total. The molecule has 5 rings (SSSR count). The van der Waals surface area contributed by atoms with E-state index in [9.17, 15) is 9.59 Å². The van der Waals surface area contributed by atoms with E-state index in [1.54, 1.807) is 18.3 Å². The molecule has 0 bridgehead atoms. The van der Waals surface area contributed by atoms with Gasteiger partial charge in [0, 0.05) is 4.88 Å². The number of aromatic nitrogens is 1. The lowest BCUT2D eigenvalue weighted by molar-refractivity contribution is 0.0527. The lowest BCUT2D eigenvalue weighted by atomic mass is 10.1. The molecular weight excluding hydrogens is 436 g/mol. The third kappa shape index (κ3) is 3.45. The van der Waals surface area contributed by atoms with Crippen LogP contribution in [-0.4, -0.2) is 23.5 Å². The zero-order valence-electron chi connectivity index (χ0n) is 16.2. The molecule has 152 valence electrons. The van der Waals surface area contributed by atoms with E-state index in [2.05, 4.69) is 10.3 Å². The summed E-state index contributed by atoms with van der Waals surface area (Å²) in [4.78, 5) is 32.8. The number of thiazole rings is 1. The molecule has 0 saturated heterocycles. The fourth-order valence-corrected chi connectivity index (χ4v) is 6.82. The monoisotopic (exact) mass is 454 g/mol. The maximum atomic E-state index is 12.9. The van der Waals surface area contributed by atoms with Crippen molar-refractivity contribution >= 4 is 61.1 Å². The standard InChI is InChI=1S/C22H18N2O3S3/c1-2-27-22(26)18-12-6-5-9-14(12)29-21(18)24-19(25)16-10-11-17(28-16)20-23-13-7-3-4-8-15(13)30-20/h3-4,7-8,10-11H,2,5-6,9H2,1H3,(H,24,25). The largest absolute Gasteiger partial charge is 0.462 e.